The maximum Gasteiger partial charge on any atom is 0.0716 e. The number of benzene rings is 8. The lowest BCUT2D eigenvalue weighted by Gasteiger charge is -2.19. The van der Waals surface area contributed by atoms with Crippen LogP contribution < -0.4 is 0 Å². The van der Waals surface area contributed by atoms with E-state index in [4.69, 9.17) is 9.97 Å². The number of fused-ring (bicyclic) bond motifs is 6. The molecule has 3 heterocycles. The second-order valence-electron chi connectivity index (χ2n) is 16.1. The number of aromatic nitrogens is 2. The minimum atomic E-state index is -0.000221. The van der Waals surface area contributed by atoms with Crippen molar-refractivity contribution in [3.8, 4) is 78.4 Å². The van der Waals surface area contributed by atoms with Gasteiger partial charge in [0.1, 0.15) is 0 Å². The average molecular weight is 807 g/mol. The van der Waals surface area contributed by atoms with Crippen LogP contribution in [-0.4, -0.2) is 9.97 Å². The molecule has 0 saturated heterocycles. The lowest BCUT2D eigenvalue weighted by molar-refractivity contribution is 1.02. The Hall–Kier alpha value is -7.72. The van der Waals surface area contributed by atoms with Gasteiger partial charge in [-0.15, -0.1) is 11.3 Å². The van der Waals surface area contributed by atoms with Crippen molar-refractivity contribution in [2.75, 3.05) is 0 Å². The smallest absolute Gasteiger partial charge is 0.0716 e. The van der Waals surface area contributed by atoms with Crippen LogP contribution in [0.3, 0.4) is 0 Å². The summed E-state index contributed by atoms with van der Waals surface area (Å²) in [7, 11) is 0. The average Bonchev–Trinajstić information content (AvgIpc) is 3.88. The molecular weight excluding hydrogens is 769 g/mol. The molecule has 0 N–H and O–H groups in total. The Balaban J connectivity index is 1.13. The molecule has 2 nitrogen and oxygen atoms in total. The minimum Gasteiger partial charge on any atom is -0.248 e. The SMILES string of the molecule is c1ccc(-c2cc(-c3ccccc3)nc(-c3cc(-c4cc(-c5ccccc5)cc(-c5ccccc5)n4)cc(C4c5ccccc5-c5cc6sc7ccccc7c6cc54)c3)c2)cc1. The summed E-state index contributed by atoms with van der Waals surface area (Å²) in [6, 6.07) is 81.1. The predicted molar refractivity (Wildman–Crippen MR) is 260 cm³/mol. The molecule has 1 aliphatic rings. The van der Waals surface area contributed by atoms with Crippen LogP contribution in [0.1, 0.15) is 22.6 Å². The molecule has 0 saturated carbocycles. The summed E-state index contributed by atoms with van der Waals surface area (Å²) in [4.78, 5) is 10.9. The molecule has 0 bridgehead atoms. The second-order valence-corrected chi connectivity index (χ2v) is 17.2. The van der Waals surface area contributed by atoms with Gasteiger partial charge >= 0.3 is 0 Å². The maximum atomic E-state index is 5.47. The van der Waals surface area contributed by atoms with Crippen LogP contribution >= 0.6 is 11.3 Å². The van der Waals surface area contributed by atoms with Crippen molar-refractivity contribution < 1.29 is 0 Å². The number of pyridine rings is 2. The quantitative estimate of drug-likeness (QED) is 0.160. The maximum absolute atomic E-state index is 5.47. The highest BCUT2D eigenvalue weighted by atomic mass is 32.1. The van der Waals surface area contributed by atoms with Gasteiger partial charge in [-0.1, -0.05) is 164 Å². The fraction of sp³-hybridized carbons (Fsp3) is 0.0169. The standard InChI is InChI=1S/C59H38N2S/c1-5-17-38(18-6-1)42-32-53(40-21-9-3-10-22-40)60-55(34-42)44-29-45(56-35-43(39-19-7-2-8-20-39)33-54(61-56)41-23-11-4-12-24-41)31-46(30-44)59-49-27-14-13-25-47(49)50-37-58-51(36-52(50)59)48-26-15-16-28-57(48)62-58/h1-37,59H. The van der Waals surface area contributed by atoms with Crippen LogP contribution in [0.15, 0.2) is 224 Å². The van der Waals surface area contributed by atoms with Crippen LogP contribution in [0.25, 0.3) is 98.6 Å². The molecule has 0 spiro atoms. The number of nitrogens with zero attached hydrogens (tertiary/aromatic N) is 2. The number of rotatable bonds is 7. The molecule has 1 unspecified atom stereocenters. The van der Waals surface area contributed by atoms with E-state index < -0.39 is 0 Å². The Labute approximate surface area is 365 Å². The first-order valence-corrected chi connectivity index (χ1v) is 22.0. The summed E-state index contributed by atoms with van der Waals surface area (Å²) in [6.07, 6.45) is 0. The van der Waals surface area contributed by atoms with Crippen molar-refractivity contribution in [3.05, 3.63) is 241 Å². The molecule has 3 aromatic heterocycles. The van der Waals surface area contributed by atoms with Crippen LogP contribution in [0.2, 0.25) is 0 Å². The van der Waals surface area contributed by atoms with Crippen LogP contribution in [-0.2, 0) is 0 Å². The van der Waals surface area contributed by atoms with E-state index >= 15 is 0 Å². The van der Waals surface area contributed by atoms with Gasteiger partial charge in [-0.3, -0.25) is 0 Å². The molecule has 3 heteroatoms. The lowest BCUT2D eigenvalue weighted by Crippen LogP contribution is -2.02. The number of thiophene rings is 1. The molecule has 290 valence electrons. The van der Waals surface area contributed by atoms with E-state index in [2.05, 4.69) is 224 Å². The monoisotopic (exact) mass is 806 g/mol. The van der Waals surface area contributed by atoms with E-state index in [9.17, 15) is 0 Å². The van der Waals surface area contributed by atoms with Gasteiger partial charge in [0.2, 0.25) is 0 Å². The summed E-state index contributed by atoms with van der Waals surface area (Å²) in [5.41, 5.74) is 19.0. The van der Waals surface area contributed by atoms with Crippen molar-refractivity contribution in [2.24, 2.45) is 0 Å². The summed E-state index contributed by atoms with van der Waals surface area (Å²) in [5, 5.41) is 2.62. The van der Waals surface area contributed by atoms with Crippen molar-refractivity contribution >= 4 is 31.5 Å². The van der Waals surface area contributed by atoms with Gasteiger partial charge in [-0.25, -0.2) is 9.97 Å². The summed E-state index contributed by atoms with van der Waals surface area (Å²) >= 11 is 1.88. The first-order chi connectivity index (χ1) is 30.7. The van der Waals surface area contributed by atoms with Crippen molar-refractivity contribution in [2.45, 2.75) is 5.92 Å². The molecule has 12 rings (SSSR count). The zero-order valence-electron chi connectivity index (χ0n) is 33.7. The molecule has 0 aliphatic heterocycles. The Morgan fingerprint density at radius 1 is 0.290 bits per heavy atom. The zero-order valence-corrected chi connectivity index (χ0v) is 34.6. The van der Waals surface area contributed by atoms with Crippen molar-refractivity contribution in [3.63, 3.8) is 0 Å². The molecule has 62 heavy (non-hydrogen) atoms. The zero-order chi connectivity index (χ0) is 41.0. The van der Waals surface area contributed by atoms with E-state index in [1.807, 2.05) is 11.3 Å². The third kappa shape index (κ3) is 6.42. The van der Waals surface area contributed by atoms with Gasteiger partial charge in [0.05, 0.1) is 22.8 Å². The molecule has 8 aromatic carbocycles. The summed E-state index contributed by atoms with van der Waals surface area (Å²) in [5.74, 6) is -0.000221. The first-order valence-electron chi connectivity index (χ1n) is 21.2. The van der Waals surface area contributed by atoms with Crippen molar-refractivity contribution in [1.82, 2.24) is 9.97 Å². The summed E-state index contributed by atoms with van der Waals surface area (Å²) in [6.45, 7) is 0. The molecule has 11 aromatic rings. The van der Waals surface area contributed by atoms with E-state index in [1.54, 1.807) is 0 Å². The fourth-order valence-corrected chi connectivity index (χ4v) is 10.5. The normalized spacial score (nSPS) is 13.0. The lowest BCUT2D eigenvalue weighted by atomic mass is 9.85. The summed E-state index contributed by atoms with van der Waals surface area (Å²) < 4.78 is 2.64. The predicted octanol–water partition coefficient (Wildman–Crippen LogP) is 16.0. The Bertz CT molecular complexity index is 3190. The minimum absolute atomic E-state index is 0.000221. The van der Waals surface area contributed by atoms with Gasteiger partial charge in [0.15, 0.2) is 0 Å². The Morgan fingerprint density at radius 2 is 0.758 bits per heavy atom. The number of hydrogen-bond acceptors (Lipinski definition) is 3. The third-order valence-corrected chi connectivity index (χ3v) is 13.4. The van der Waals surface area contributed by atoms with Crippen LogP contribution in [0, 0.1) is 0 Å². The third-order valence-electron chi connectivity index (χ3n) is 12.3. The highest BCUT2D eigenvalue weighted by Gasteiger charge is 2.32. The van der Waals surface area contributed by atoms with E-state index in [0.29, 0.717) is 0 Å². The molecular formula is C59H38N2S. The van der Waals surface area contributed by atoms with E-state index in [1.165, 1.54) is 48.0 Å². The van der Waals surface area contributed by atoms with Gasteiger partial charge in [-0.05, 0) is 111 Å². The van der Waals surface area contributed by atoms with Gasteiger partial charge < -0.3 is 0 Å². The molecule has 0 amide bonds. The highest BCUT2D eigenvalue weighted by molar-refractivity contribution is 7.25. The molecule has 1 aliphatic carbocycles. The molecule has 0 fully saturated rings. The van der Waals surface area contributed by atoms with E-state index in [-0.39, 0.29) is 5.92 Å². The van der Waals surface area contributed by atoms with Gasteiger partial charge in [0.25, 0.3) is 0 Å². The van der Waals surface area contributed by atoms with Crippen molar-refractivity contribution in [1.29, 1.82) is 0 Å². The number of hydrogen-bond donors (Lipinski definition) is 0. The largest absolute Gasteiger partial charge is 0.248 e. The Morgan fingerprint density at radius 3 is 1.32 bits per heavy atom. The van der Waals surface area contributed by atoms with E-state index in [0.717, 1.165) is 67.3 Å². The highest BCUT2D eigenvalue weighted by Crippen LogP contribution is 2.52. The first kappa shape index (κ1) is 36.2. The second kappa shape index (κ2) is 15.1. The van der Waals surface area contributed by atoms with Gasteiger partial charge in [-0.2, -0.15) is 0 Å². The van der Waals surface area contributed by atoms with Gasteiger partial charge in [0, 0.05) is 48.3 Å². The molecule has 0 radical (unpaired) electrons. The van der Waals surface area contributed by atoms with Crippen LogP contribution in [0.4, 0.5) is 0 Å². The van der Waals surface area contributed by atoms with Crippen LogP contribution in [0.5, 0.6) is 0 Å². The Kier molecular flexibility index (Phi) is 8.79. The molecule has 1 atom stereocenters. The fourth-order valence-electron chi connectivity index (χ4n) is 9.36. The topological polar surface area (TPSA) is 25.8 Å².